The number of hydrogen-bond donors (Lipinski definition) is 1. The van der Waals surface area contributed by atoms with Crippen molar-refractivity contribution in [2.45, 2.75) is 51.9 Å². The third-order valence-electron chi connectivity index (χ3n) is 4.08. The van der Waals surface area contributed by atoms with Crippen LogP contribution in [0.2, 0.25) is 0 Å². The molecule has 4 heteroatoms. The van der Waals surface area contributed by atoms with E-state index in [1.165, 1.54) is 43.5 Å². The Bertz CT molecular complexity index is 448. The summed E-state index contributed by atoms with van der Waals surface area (Å²) >= 11 is 0. The van der Waals surface area contributed by atoms with Crippen molar-refractivity contribution in [3.8, 4) is 0 Å². The van der Waals surface area contributed by atoms with E-state index in [2.05, 4.69) is 24.1 Å². The van der Waals surface area contributed by atoms with Gasteiger partial charge in [0, 0.05) is 31.1 Å². The fraction of sp³-hybridized carbons (Fsp3) is 0.733. The number of rotatable bonds is 4. The van der Waals surface area contributed by atoms with Crippen molar-refractivity contribution in [2.75, 3.05) is 29.9 Å². The van der Waals surface area contributed by atoms with Gasteiger partial charge in [-0.25, -0.2) is 9.97 Å². The quantitative estimate of drug-likeness (QED) is 0.903. The van der Waals surface area contributed by atoms with Crippen LogP contribution in [0.5, 0.6) is 0 Å². The van der Waals surface area contributed by atoms with Gasteiger partial charge in [-0.15, -0.1) is 0 Å². The number of nitrogens with zero attached hydrogens (tertiary/aromatic N) is 3. The lowest BCUT2D eigenvalue weighted by Gasteiger charge is -2.30. The normalized spacial score (nSPS) is 19.6. The summed E-state index contributed by atoms with van der Waals surface area (Å²) in [6.07, 6.45) is 6.45. The van der Waals surface area contributed by atoms with Crippen LogP contribution in [0.15, 0.2) is 0 Å². The Hall–Kier alpha value is -1.32. The Kier molecular flexibility index (Phi) is 3.58. The molecule has 1 aliphatic heterocycles. The van der Waals surface area contributed by atoms with Crippen LogP contribution in [0.3, 0.4) is 0 Å². The predicted octanol–water partition coefficient (Wildman–Crippen LogP) is 3.08. The van der Waals surface area contributed by atoms with E-state index in [4.69, 9.17) is 9.97 Å². The number of nitrogens with one attached hydrogen (secondary N) is 1. The summed E-state index contributed by atoms with van der Waals surface area (Å²) in [6.45, 7) is 7.49. The van der Waals surface area contributed by atoms with Crippen molar-refractivity contribution in [1.29, 1.82) is 0 Å². The maximum atomic E-state index is 4.88. The molecule has 0 aromatic carbocycles. The first-order valence-corrected chi connectivity index (χ1v) is 7.67. The molecule has 1 aromatic heterocycles. The van der Waals surface area contributed by atoms with E-state index in [-0.39, 0.29) is 0 Å². The number of aromatic nitrogens is 2. The van der Waals surface area contributed by atoms with Crippen LogP contribution in [0.1, 0.15) is 56.3 Å². The van der Waals surface area contributed by atoms with Gasteiger partial charge in [0.2, 0.25) is 0 Å². The van der Waals surface area contributed by atoms with Gasteiger partial charge in [-0.05, 0) is 46.0 Å². The summed E-state index contributed by atoms with van der Waals surface area (Å²) in [4.78, 5) is 12.1. The summed E-state index contributed by atoms with van der Waals surface area (Å²) in [7, 11) is 0. The summed E-state index contributed by atoms with van der Waals surface area (Å²) in [5.74, 6) is 3.89. The highest BCUT2D eigenvalue weighted by molar-refractivity contribution is 5.59. The van der Waals surface area contributed by atoms with Gasteiger partial charge in [0.15, 0.2) is 0 Å². The van der Waals surface area contributed by atoms with Gasteiger partial charge >= 0.3 is 0 Å². The molecule has 0 bridgehead atoms. The largest absolute Gasteiger partial charge is 0.370 e. The topological polar surface area (TPSA) is 41.1 Å². The molecule has 0 unspecified atom stereocenters. The fourth-order valence-electron chi connectivity index (χ4n) is 2.80. The number of piperidine rings is 1. The van der Waals surface area contributed by atoms with E-state index in [9.17, 15) is 0 Å². The van der Waals surface area contributed by atoms with Gasteiger partial charge in [0.25, 0.3) is 0 Å². The van der Waals surface area contributed by atoms with Gasteiger partial charge in [-0.3, -0.25) is 0 Å². The summed E-state index contributed by atoms with van der Waals surface area (Å²) in [6, 6.07) is 0. The van der Waals surface area contributed by atoms with Crippen LogP contribution in [0, 0.1) is 6.92 Å². The minimum atomic E-state index is 0.613. The maximum Gasteiger partial charge on any atom is 0.137 e. The second-order valence-corrected chi connectivity index (χ2v) is 5.73. The van der Waals surface area contributed by atoms with Crippen LogP contribution in [-0.4, -0.2) is 29.6 Å². The Morgan fingerprint density at radius 1 is 1.16 bits per heavy atom. The zero-order valence-electron chi connectivity index (χ0n) is 12.1. The van der Waals surface area contributed by atoms with Crippen LogP contribution in [-0.2, 0) is 0 Å². The molecular weight excluding hydrogens is 236 g/mol. The average Bonchev–Trinajstić information content (AvgIpc) is 3.27. The molecule has 3 rings (SSSR count). The number of hydrogen-bond acceptors (Lipinski definition) is 4. The molecule has 0 radical (unpaired) electrons. The van der Waals surface area contributed by atoms with Gasteiger partial charge in [0.05, 0.1) is 0 Å². The fourth-order valence-corrected chi connectivity index (χ4v) is 2.80. The molecule has 1 N–H and O–H groups in total. The van der Waals surface area contributed by atoms with Gasteiger partial charge in [0.1, 0.15) is 17.5 Å². The van der Waals surface area contributed by atoms with E-state index in [0.29, 0.717) is 5.92 Å². The van der Waals surface area contributed by atoms with E-state index in [1.807, 2.05) is 0 Å². The van der Waals surface area contributed by atoms with E-state index < -0.39 is 0 Å². The molecule has 1 saturated carbocycles. The first kappa shape index (κ1) is 12.7. The minimum absolute atomic E-state index is 0.613. The van der Waals surface area contributed by atoms with Gasteiger partial charge in [-0.2, -0.15) is 0 Å². The van der Waals surface area contributed by atoms with Crippen LogP contribution >= 0.6 is 0 Å². The van der Waals surface area contributed by atoms with Crippen molar-refractivity contribution in [1.82, 2.24) is 9.97 Å². The van der Waals surface area contributed by atoms with Crippen LogP contribution in [0.25, 0.3) is 0 Å². The molecule has 2 fully saturated rings. The Balaban J connectivity index is 1.95. The van der Waals surface area contributed by atoms with E-state index in [0.717, 1.165) is 31.3 Å². The highest BCUT2D eigenvalue weighted by Gasteiger charge is 2.29. The Labute approximate surface area is 115 Å². The Morgan fingerprint density at radius 2 is 1.89 bits per heavy atom. The van der Waals surface area contributed by atoms with Crippen LogP contribution in [0.4, 0.5) is 11.6 Å². The van der Waals surface area contributed by atoms with Crippen molar-refractivity contribution in [3.05, 3.63) is 11.4 Å². The van der Waals surface area contributed by atoms with Crippen molar-refractivity contribution < 1.29 is 0 Å². The predicted molar refractivity (Wildman–Crippen MR) is 79.0 cm³/mol. The third-order valence-corrected chi connectivity index (χ3v) is 4.08. The molecule has 0 spiro atoms. The second kappa shape index (κ2) is 5.35. The second-order valence-electron chi connectivity index (χ2n) is 5.73. The lowest BCUT2D eigenvalue weighted by molar-refractivity contribution is 0.571. The lowest BCUT2D eigenvalue weighted by atomic mass is 10.1. The summed E-state index contributed by atoms with van der Waals surface area (Å²) in [5.41, 5.74) is 1.22. The van der Waals surface area contributed by atoms with Crippen LogP contribution < -0.4 is 10.2 Å². The molecule has 2 aliphatic rings. The molecule has 4 nitrogen and oxygen atoms in total. The molecule has 1 aliphatic carbocycles. The molecule has 1 saturated heterocycles. The van der Waals surface area contributed by atoms with Crippen molar-refractivity contribution in [2.24, 2.45) is 0 Å². The molecular formula is C15H24N4. The van der Waals surface area contributed by atoms with E-state index >= 15 is 0 Å². The van der Waals surface area contributed by atoms with E-state index in [1.54, 1.807) is 0 Å². The number of anilines is 2. The first-order valence-electron chi connectivity index (χ1n) is 7.67. The first-order chi connectivity index (χ1) is 9.29. The van der Waals surface area contributed by atoms with Crippen molar-refractivity contribution in [3.63, 3.8) is 0 Å². The average molecular weight is 260 g/mol. The van der Waals surface area contributed by atoms with Gasteiger partial charge < -0.3 is 10.2 Å². The summed E-state index contributed by atoms with van der Waals surface area (Å²) < 4.78 is 0. The van der Waals surface area contributed by atoms with Gasteiger partial charge in [-0.1, -0.05) is 0 Å². The Morgan fingerprint density at radius 3 is 2.53 bits per heavy atom. The smallest absolute Gasteiger partial charge is 0.137 e. The third kappa shape index (κ3) is 2.67. The zero-order valence-corrected chi connectivity index (χ0v) is 12.1. The SMILES string of the molecule is CCNc1nc(C2CC2)nc(N2CCCCC2)c1C. The highest BCUT2D eigenvalue weighted by Crippen LogP contribution is 2.40. The lowest BCUT2D eigenvalue weighted by Crippen LogP contribution is -2.31. The van der Waals surface area contributed by atoms with Crippen molar-refractivity contribution >= 4 is 11.6 Å². The molecule has 0 amide bonds. The highest BCUT2D eigenvalue weighted by atomic mass is 15.2. The molecule has 2 heterocycles. The monoisotopic (exact) mass is 260 g/mol. The molecule has 0 atom stereocenters. The standard InChI is InChI=1S/C15H24N4/c1-3-16-13-11(2)15(19-9-5-4-6-10-19)18-14(17-13)12-7-8-12/h12H,3-10H2,1-2H3,(H,16,17,18). The molecule has 1 aromatic rings. The molecule has 19 heavy (non-hydrogen) atoms. The molecule has 104 valence electrons. The summed E-state index contributed by atoms with van der Waals surface area (Å²) in [5, 5.41) is 3.40. The minimum Gasteiger partial charge on any atom is -0.370 e. The maximum absolute atomic E-state index is 4.88. The zero-order chi connectivity index (χ0) is 13.2.